The van der Waals surface area contributed by atoms with Crippen molar-refractivity contribution >= 4 is 47.8 Å². The highest BCUT2D eigenvalue weighted by molar-refractivity contribution is 9.26. The smallest absolute Gasteiger partial charge is 0.139 e. The number of hydrogen-bond donors (Lipinski definition) is 0. The largest absolute Gasteiger partial charge is 1.00 e. The van der Waals surface area contributed by atoms with E-state index in [9.17, 15) is 0 Å². The van der Waals surface area contributed by atoms with Crippen LogP contribution < -0.4 is 17.0 Å². The quantitative estimate of drug-likeness (QED) is 0.431. The van der Waals surface area contributed by atoms with Gasteiger partial charge in [-0.3, -0.25) is 0 Å². The van der Waals surface area contributed by atoms with E-state index in [1.165, 1.54) is 0 Å². The van der Waals surface area contributed by atoms with Crippen molar-refractivity contribution in [1.82, 2.24) is 0 Å². The van der Waals surface area contributed by atoms with Gasteiger partial charge in [0.25, 0.3) is 0 Å². The molecule has 0 rings (SSSR count). The average Bonchev–Trinajstić information content (AvgIpc) is 1.60. The maximum absolute atomic E-state index is 3.57. The SMILES string of the molecule is C[N+](C)(C)CC(Br)(Br)CBr.[Br-]. The molecule has 5 heteroatoms. The fourth-order valence-electron chi connectivity index (χ4n) is 0.736. The van der Waals surface area contributed by atoms with Crippen molar-refractivity contribution in [2.45, 2.75) is 3.23 Å². The van der Waals surface area contributed by atoms with Crippen molar-refractivity contribution in [2.75, 3.05) is 33.0 Å². The lowest BCUT2D eigenvalue weighted by Crippen LogP contribution is -3.00. The molecule has 0 aromatic rings. The summed E-state index contributed by atoms with van der Waals surface area (Å²) in [7, 11) is 6.50. The molecule has 0 aliphatic rings. The maximum Gasteiger partial charge on any atom is 0.139 e. The van der Waals surface area contributed by atoms with Crippen molar-refractivity contribution in [3.8, 4) is 0 Å². The van der Waals surface area contributed by atoms with Gasteiger partial charge in [0.2, 0.25) is 0 Å². The number of nitrogens with zero attached hydrogens (tertiary/aromatic N) is 1. The molecule has 0 aromatic carbocycles. The molecule has 0 atom stereocenters. The zero-order chi connectivity index (χ0) is 8.41. The van der Waals surface area contributed by atoms with E-state index in [4.69, 9.17) is 0 Å². The van der Waals surface area contributed by atoms with Crippen LogP contribution in [-0.4, -0.2) is 40.7 Å². The first-order valence-corrected chi connectivity index (χ1v) is 5.72. The van der Waals surface area contributed by atoms with Gasteiger partial charge in [0.1, 0.15) is 9.78 Å². The molecule has 0 saturated heterocycles. The first-order valence-electron chi connectivity index (χ1n) is 3.01. The van der Waals surface area contributed by atoms with Crippen LogP contribution in [0.4, 0.5) is 0 Å². The highest BCUT2D eigenvalue weighted by atomic mass is 79.9. The van der Waals surface area contributed by atoms with Crippen LogP contribution in [0.5, 0.6) is 0 Å². The van der Waals surface area contributed by atoms with Gasteiger partial charge in [-0.05, 0) is 0 Å². The molecule has 0 aliphatic heterocycles. The second kappa shape index (κ2) is 5.58. The molecule has 0 unspecified atom stereocenters. The lowest BCUT2D eigenvalue weighted by Gasteiger charge is -2.30. The predicted octanol–water partition coefficient (Wildman–Crippen LogP) is -0.422. The Morgan fingerprint density at radius 3 is 1.64 bits per heavy atom. The Morgan fingerprint density at radius 1 is 1.18 bits per heavy atom. The molecule has 0 radical (unpaired) electrons. The van der Waals surface area contributed by atoms with Crippen LogP contribution in [0, 0.1) is 0 Å². The van der Waals surface area contributed by atoms with E-state index in [1.54, 1.807) is 0 Å². The fourth-order valence-corrected chi connectivity index (χ4v) is 2.42. The zero-order valence-electron chi connectivity index (χ0n) is 6.87. The lowest BCUT2D eigenvalue weighted by atomic mass is 10.4. The highest BCUT2D eigenvalue weighted by Gasteiger charge is 2.28. The van der Waals surface area contributed by atoms with Crippen molar-refractivity contribution in [3.05, 3.63) is 0 Å². The first-order chi connectivity index (χ1) is 4.27. The van der Waals surface area contributed by atoms with E-state index in [2.05, 4.69) is 68.9 Å². The monoisotopic (exact) mass is 415 g/mol. The summed E-state index contributed by atoms with van der Waals surface area (Å²) in [6.45, 7) is 1.04. The standard InChI is InChI=1S/C6H13Br3N.BrH/c1-10(2,3)5-6(8,9)4-7;/h4-5H2,1-3H3;1H/q+1;/p-1. The van der Waals surface area contributed by atoms with Crippen LogP contribution in [-0.2, 0) is 0 Å². The van der Waals surface area contributed by atoms with Gasteiger partial charge >= 0.3 is 0 Å². The van der Waals surface area contributed by atoms with Gasteiger partial charge in [0.15, 0.2) is 0 Å². The Balaban J connectivity index is 0. The Morgan fingerprint density at radius 2 is 1.55 bits per heavy atom. The molecule has 70 valence electrons. The molecule has 0 aromatic heterocycles. The Bertz CT molecular complexity index is 108. The second-order valence-corrected chi connectivity index (χ2v) is 8.10. The summed E-state index contributed by atoms with van der Waals surface area (Å²) in [5, 5.41) is 0.912. The molecule has 0 spiro atoms. The van der Waals surface area contributed by atoms with Crippen LogP contribution in [0.25, 0.3) is 0 Å². The molecule has 0 heterocycles. The summed E-state index contributed by atoms with van der Waals surface area (Å²) in [6, 6.07) is 0. The van der Waals surface area contributed by atoms with E-state index < -0.39 is 0 Å². The molecule has 0 bridgehead atoms. The maximum atomic E-state index is 3.57. The Labute approximate surface area is 105 Å². The van der Waals surface area contributed by atoms with Crippen LogP contribution in [0.2, 0.25) is 0 Å². The molecule has 0 aliphatic carbocycles. The third-order valence-electron chi connectivity index (χ3n) is 0.901. The average molecular weight is 419 g/mol. The van der Waals surface area contributed by atoms with E-state index in [0.717, 1.165) is 16.4 Å². The number of alkyl halides is 3. The molecular weight excluding hydrogens is 406 g/mol. The van der Waals surface area contributed by atoms with E-state index in [1.807, 2.05) is 0 Å². The summed E-state index contributed by atoms with van der Waals surface area (Å²) in [6.07, 6.45) is 0. The van der Waals surface area contributed by atoms with Gasteiger partial charge in [-0.15, -0.1) is 0 Å². The summed E-state index contributed by atoms with van der Waals surface area (Å²) >= 11 is 10.6. The van der Waals surface area contributed by atoms with Crippen molar-refractivity contribution in [1.29, 1.82) is 0 Å². The van der Waals surface area contributed by atoms with Crippen LogP contribution in [0.1, 0.15) is 0 Å². The molecule has 0 amide bonds. The highest BCUT2D eigenvalue weighted by Crippen LogP contribution is 2.30. The van der Waals surface area contributed by atoms with Crippen LogP contribution in [0.3, 0.4) is 0 Å². The fraction of sp³-hybridized carbons (Fsp3) is 1.00. The molecule has 1 nitrogen and oxygen atoms in total. The van der Waals surface area contributed by atoms with Crippen molar-refractivity contribution < 1.29 is 21.5 Å². The molecule has 0 saturated carbocycles. The number of quaternary nitrogens is 1. The van der Waals surface area contributed by atoms with Crippen LogP contribution in [0.15, 0.2) is 0 Å². The second-order valence-electron chi connectivity index (χ2n) is 3.44. The van der Waals surface area contributed by atoms with E-state index >= 15 is 0 Å². The topological polar surface area (TPSA) is 0 Å². The minimum absolute atomic E-state index is 0. The number of halogens is 4. The Kier molecular flexibility index (Phi) is 7.79. The lowest BCUT2D eigenvalue weighted by molar-refractivity contribution is -0.870. The van der Waals surface area contributed by atoms with Crippen molar-refractivity contribution in [3.63, 3.8) is 0 Å². The third kappa shape index (κ3) is 9.80. The summed E-state index contributed by atoms with van der Waals surface area (Å²) < 4.78 is 0.986. The van der Waals surface area contributed by atoms with Gasteiger partial charge in [-0.2, -0.15) is 0 Å². The van der Waals surface area contributed by atoms with Gasteiger partial charge in [-0.1, -0.05) is 47.8 Å². The number of hydrogen-bond acceptors (Lipinski definition) is 0. The number of rotatable bonds is 3. The van der Waals surface area contributed by atoms with Gasteiger partial charge in [-0.25, -0.2) is 0 Å². The molecule has 0 N–H and O–H groups in total. The third-order valence-corrected chi connectivity index (χ3v) is 4.43. The molecule has 11 heavy (non-hydrogen) atoms. The van der Waals surface area contributed by atoms with E-state index in [0.29, 0.717) is 0 Å². The first kappa shape index (κ1) is 15.4. The molecular formula is C6H13Br4N. The normalized spacial score (nSPS) is 12.5. The predicted molar refractivity (Wildman–Crippen MR) is 57.3 cm³/mol. The summed E-state index contributed by atoms with van der Waals surface area (Å²) in [5.41, 5.74) is 0. The van der Waals surface area contributed by atoms with Crippen molar-refractivity contribution in [2.24, 2.45) is 0 Å². The van der Waals surface area contributed by atoms with E-state index in [-0.39, 0.29) is 20.2 Å². The van der Waals surface area contributed by atoms with Gasteiger partial charge in [0.05, 0.1) is 21.1 Å². The van der Waals surface area contributed by atoms with Gasteiger partial charge < -0.3 is 21.5 Å². The molecule has 0 fully saturated rings. The minimum Gasteiger partial charge on any atom is -1.00 e. The summed E-state index contributed by atoms with van der Waals surface area (Å²) in [5.74, 6) is 0. The Hall–Kier alpha value is 1.88. The minimum atomic E-state index is 0. The zero-order valence-corrected chi connectivity index (χ0v) is 13.2. The van der Waals surface area contributed by atoms with Gasteiger partial charge in [0, 0.05) is 5.33 Å². The summed E-state index contributed by atoms with van der Waals surface area (Å²) in [4.78, 5) is 0. The van der Waals surface area contributed by atoms with Crippen LogP contribution >= 0.6 is 47.8 Å².